The van der Waals surface area contributed by atoms with Crippen molar-refractivity contribution in [3.63, 3.8) is 0 Å². The molecule has 2 atom stereocenters. The number of amides is 2. The van der Waals surface area contributed by atoms with Crippen molar-refractivity contribution in [2.45, 2.75) is 11.8 Å². The van der Waals surface area contributed by atoms with Crippen LogP contribution in [0, 0.1) is 34.3 Å². The second kappa shape index (κ2) is 8.17. The monoisotopic (exact) mass is 477 g/mol. The Balaban J connectivity index is 1.40. The van der Waals surface area contributed by atoms with Gasteiger partial charge in [0.1, 0.15) is 12.4 Å². The summed E-state index contributed by atoms with van der Waals surface area (Å²) < 4.78 is 5.47. The molecule has 1 aliphatic heterocycles. The maximum absolute atomic E-state index is 13.6. The molecule has 3 aromatic carbocycles. The number of non-ortho nitro benzene ring substituents is 1. The van der Waals surface area contributed by atoms with E-state index in [-0.39, 0.29) is 47.3 Å². The summed E-state index contributed by atoms with van der Waals surface area (Å²) in [5, 5.41) is 16.4. The Morgan fingerprint density at radius 1 is 0.944 bits per heavy atom. The van der Waals surface area contributed by atoms with Crippen molar-refractivity contribution in [2.75, 3.05) is 6.61 Å². The van der Waals surface area contributed by atoms with E-state index in [1.807, 2.05) is 48.5 Å². The minimum atomic E-state index is -0.563. The fourth-order valence-corrected chi connectivity index (χ4v) is 5.90. The molecular weight excluding hydrogens is 458 g/mol. The van der Waals surface area contributed by atoms with Gasteiger partial charge in [0.15, 0.2) is 0 Å². The SMILES string of the molecule is C#CCOc1ccc([N+](=O)[O-])cc1/C=N\N1C(=O)[C@H]2C3c4ccccc4C(c4ccccc43)[C@@H]2C1=O. The molecule has 4 aliphatic rings. The van der Waals surface area contributed by atoms with E-state index in [1.165, 1.54) is 24.4 Å². The average Bonchev–Trinajstić information content (AvgIpc) is 3.16. The standard InChI is InChI=1S/C28H19N3O5/c1-2-13-36-22-12-11-17(31(34)35)14-16(22)15-29-30-27(32)25-23-18-7-3-4-8-19(18)24(26(25)28(30)33)21-10-6-5-9-20(21)23/h1,3-12,14-15,23-26H,13H2/b29-15-/t23?,24?,25-,26-/m0/s1. The molecule has 0 spiro atoms. The number of nitro benzene ring substituents is 1. The van der Waals surface area contributed by atoms with Crippen LogP contribution in [0.1, 0.15) is 39.7 Å². The molecule has 176 valence electrons. The molecule has 36 heavy (non-hydrogen) atoms. The Morgan fingerprint density at radius 2 is 1.47 bits per heavy atom. The van der Waals surface area contributed by atoms with Crippen LogP contribution in [0.2, 0.25) is 0 Å². The largest absolute Gasteiger partial charge is 0.480 e. The van der Waals surface area contributed by atoms with Crippen molar-refractivity contribution in [1.82, 2.24) is 5.01 Å². The molecule has 1 fully saturated rings. The van der Waals surface area contributed by atoms with Crippen molar-refractivity contribution in [2.24, 2.45) is 16.9 Å². The van der Waals surface area contributed by atoms with Crippen molar-refractivity contribution < 1.29 is 19.2 Å². The molecule has 0 N–H and O–H groups in total. The van der Waals surface area contributed by atoms with E-state index in [0.717, 1.165) is 27.3 Å². The van der Waals surface area contributed by atoms with E-state index >= 15 is 0 Å². The van der Waals surface area contributed by atoms with Crippen LogP contribution in [0.3, 0.4) is 0 Å². The number of terminal acetylenes is 1. The lowest BCUT2D eigenvalue weighted by atomic mass is 9.55. The number of nitro groups is 1. The first-order chi connectivity index (χ1) is 17.5. The van der Waals surface area contributed by atoms with Gasteiger partial charge in [-0.2, -0.15) is 10.1 Å². The molecule has 7 rings (SSSR count). The zero-order valence-electron chi connectivity index (χ0n) is 18.9. The predicted octanol–water partition coefficient (Wildman–Crippen LogP) is 3.83. The van der Waals surface area contributed by atoms with Gasteiger partial charge in [0, 0.05) is 29.5 Å². The van der Waals surface area contributed by atoms with Gasteiger partial charge < -0.3 is 4.74 Å². The third-order valence-corrected chi connectivity index (χ3v) is 7.25. The Kier molecular flexibility index (Phi) is 4.93. The molecule has 1 saturated heterocycles. The highest BCUT2D eigenvalue weighted by molar-refractivity contribution is 6.08. The highest BCUT2D eigenvalue weighted by Crippen LogP contribution is 2.60. The van der Waals surface area contributed by atoms with Gasteiger partial charge >= 0.3 is 0 Å². The molecular formula is C28H19N3O5. The Morgan fingerprint density at radius 3 is 1.94 bits per heavy atom. The summed E-state index contributed by atoms with van der Waals surface area (Å²) in [6.07, 6.45) is 6.52. The number of imide groups is 1. The Bertz CT molecular complexity index is 1410. The molecule has 1 heterocycles. The number of hydrogen-bond donors (Lipinski definition) is 0. The highest BCUT2D eigenvalue weighted by Gasteiger charge is 2.61. The lowest BCUT2D eigenvalue weighted by Gasteiger charge is -2.45. The maximum atomic E-state index is 13.6. The van der Waals surface area contributed by atoms with E-state index < -0.39 is 16.8 Å². The second-order valence-corrected chi connectivity index (χ2v) is 8.97. The van der Waals surface area contributed by atoms with Crippen LogP contribution < -0.4 is 4.74 Å². The van der Waals surface area contributed by atoms with Crippen LogP contribution in [0.15, 0.2) is 71.8 Å². The van der Waals surface area contributed by atoms with Crippen molar-refractivity contribution >= 4 is 23.7 Å². The zero-order chi connectivity index (χ0) is 25.0. The molecule has 0 saturated carbocycles. The molecule has 2 amide bonds. The zero-order valence-corrected chi connectivity index (χ0v) is 18.9. The fourth-order valence-electron chi connectivity index (χ4n) is 5.90. The number of rotatable bonds is 5. The Labute approximate surface area is 206 Å². The third kappa shape index (κ3) is 3.06. The lowest BCUT2D eigenvalue weighted by molar-refractivity contribution is -0.384. The molecule has 3 aliphatic carbocycles. The molecule has 2 bridgehead atoms. The van der Waals surface area contributed by atoms with E-state index in [2.05, 4.69) is 11.0 Å². The van der Waals surface area contributed by atoms with Gasteiger partial charge in [-0.1, -0.05) is 54.5 Å². The van der Waals surface area contributed by atoms with Gasteiger partial charge in [-0.25, -0.2) is 0 Å². The topological polar surface area (TPSA) is 102 Å². The average molecular weight is 477 g/mol. The second-order valence-electron chi connectivity index (χ2n) is 8.97. The first-order valence-electron chi connectivity index (χ1n) is 11.5. The summed E-state index contributed by atoms with van der Waals surface area (Å²) in [7, 11) is 0. The minimum absolute atomic E-state index is 0.0513. The van der Waals surface area contributed by atoms with Gasteiger partial charge in [0.2, 0.25) is 0 Å². The van der Waals surface area contributed by atoms with Crippen LogP contribution in [-0.2, 0) is 9.59 Å². The van der Waals surface area contributed by atoms with Gasteiger partial charge in [-0.3, -0.25) is 19.7 Å². The summed E-state index contributed by atoms with van der Waals surface area (Å²) in [5.74, 6) is 0.242. The summed E-state index contributed by atoms with van der Waals surface area (Å²) in [5.41, 5.74) is 4.33. The number of carbonyl (C=O) groups is 2. The first kappa shape index (κ1) is 21.7. The number of benzene rings is 3. The van der Waals surface area contributed by atoms with Crippen molar-refractivity contribution in [3.8, 4) is 18.1 Å². The van der Waals surface area contributed by atoms with Crippen molar-refractivity contribution in [3.05, 3.63) is 105 Å². The Hall–Kier alpha value is -4.77. The van der Waals surface area contributed by atoms with Crippen LogP contribution in [-0.4, -0.2) is 34.6 Å². The van der Waals surface area contributed by atoms with E-state index in [4.69, 9.17) is 11.2 Å². The summed E-state index contributed by atoms with van der Waals surface area (Å²) >= 11 is 0. The molecule has 8 heteroatoms. The lowest BCUT2D eigenvalue weighted by Crippen LogP contribution is -2.41. The maximum Gasteiger partial charge on any atom is 0.270 e. The number of nitrogens with zero attached hydrogens (tertiary/aromatic N) is 3. The number of hydrazone groups is 1. The highest BCUT2D eigenvalue weighted by atomic mass is 16.6. The number of ether oxygens (including phenoxy) is 1. The molecule has 0 radical (unpaired) electrons. The van der Waals surface area contributed by atoms with Crippen molar-refractivity contribution in [1.29, 1.82) is 0 Å². The summed E-state index contributed by atoms with van der Waals surface area (Å²) in [6.45, 7) is -0.0513. The predicted molar refractivity (Wildman–Crippen MR) is 130 cm³/mol. The van der Waals surface area contributed by atoms with E-state index in [0.29, 0.717) is 0 Å². The molecule has 0 unspecified atom stereocenters. The van der Waals surface area contributed by atoms with Gasteiger partial charge in [-0.05, 0) is 28.3 Å². The molecule has 8 nitrogen and oxygen atoms in total. The summed E-state index contributed by atoms with van der Waals surface area (Å²) in [4.78, 5) is 38.0. The number of hydrogen-bond acceptors (Lipinski definition) is 6. The van der Waals surface area contributed by atoms with Crippen LogP contribution in [0.4, 0.5) is 5.69 Å². The van der Waals surface area contributed by atoms with Gasteiger partial charge in [0.25, 0.3) is 17.5 Å². The quantitative estimate of drug-likeness (QED) is 0.183. The third-order valence-electron chi connectivity index (χ3n) is 7.25. The smallest absolute Gasteiger partial charge is 0.270 e. The minimum Gasteiger partial charge on any atom is -0.480 e. The van der Waals surface area contributed by atoms with E-state index in [9.17, 15) is 19.7 Å². The first-order valence-corrected chi connectivity index (χ1v) is 11.5. The number of carbonyl (C=O) groups excluding carboxylic acids is 2. The van der Waals surface area contributed by atoms with Crippen LogP contribution in [0.25, 0.3) is 0 Å². The van der Waals surface area contributed by atoms with Gasteiger partial charge in [-0.15, -0.1) is 6.42 Å². The summed E-state index contributed by atoms with van der Waals surface area (Å²) in [6, 6.07) is 19.9. The molecule has 0 aromatic heterocycles. The van der Waals surface area contributed by atoms with Gasteiger partial charge in [0.05, 0.1) is 23.0 Å². The van der Waals surface area contributed by atoms with E-state index in [1.54, 1.807) is 0 Å². The fraction of sp³-hybridized carbons (Fsp3) is 0.179. The molecule has 3 aromatic rings. The van der Waals surface area contributed by atoms with Crippen LogP contribution in [0.5, 0.6) is 5.75 Å². The normalized spacial score (nSPS) is 23.2. The van der Waals surface area contributed by atoms with Crippen LogP contribution >= 0.6 is 0 Å².